The molecule has 0 saturated carbocycles. The van der Waals surface area contributed by atoms with Crippen LogP contribution in [0.15, 0.2) is 12.1 Å². The smallest absolute Gasteiger partial charge is 0.261 e. The van der Waals surface area contributed by atoms with E-state index in [1.807, 2.05) is 13.0 Å². The second-order valence-corrected chi connectivity index (χ2v) is 4.26. The van der Waals surface area contributed by atoms with Crippen LogP contribution in [-0.2, 0) is 0 Å². The molecular weight excluding hydrogens is 186 g/mol. The van der Waals surface area contributed by atoms with Crippen LogP contribution in [0.1, 0.15) is 21.5 Å². The molecule has 0 fully saturated rings. The summed E-state index contributed by atoms with van der Waals surface area (Å²) in [6, 6.07) is 3.69. The highest BCUT2D eigenvalue weighted by molar-refractivity contribution is 7.13. The standard InChI is InChI=1S/C9H13NO2S/c1-6(11)5-10-9(12)8-4-3-7(2)13-8/h3-4,6,11H,5H2,1-2H3,(H,10,12)/t6-/m1/s1. The molecule has 3 nitrogen and oxygen atoms in total. The van der Waals surface area contributed by atoms with E-state index in [1.165, 1.54) is 11.3 Å². The fourth-order valence-corrected chi connectivity index (χ4v) is 1.67. The van der Waals surface area contributed by atoms with Gasteiger partial charge in [0.2, 0.25) is 0 Å². The molecule has 0 aliphatic carbocycles. The van der Waals surface area contributed by atoms with E-state index >= 15 is 0 Å². The van der Waals surface area contributed by atoms with Crippen LogP contribution >= 0.6 is 11.3 Å². The van der Waals surface area contributed by atoms with Gasteiger partial charge in [0.1, 0.15) is 0 Å². The Morgan fingerprint density at radius 2 is 2.38 bits per heavy atom. The molecule has 0 aliphatic heterocycles. The largest absolute Gasteiger partial charge is 0.392 e. The Labute approximate surface area is 81.4 Å². The Balaban J connectivity index is 2.49. The number of aryl methyl sites for hydroxylation is 1. The summed E-state index contributed by atoms with van der Waals surface area (Å²) in [6.45, 7) is 3.89. The lowest BCUT2D eigenvalue weighted by Crippen LogP contribution is -2.29. The SMILES string of the molecule is Cc1ccc(C(=O)NC[C@@H](C)O)s1. The molecule has 1 heterocycles. The van der Waals surface area contributed by atoms with Crippen molar-refractivity contribution in [1.82, 2.24) is 5.32 Å². The first-order valence-electron chi connectivity index (χ1n) is 4.12. The monoisotopic (exact) mass is 199 g/mol. The van der Waals surface area contributed by atoms with Gasteiger partial charge in [0, 0.05) is 11.4 Å². The van der Waals surface area contributed by atoms with E-state index < -0.39 is 6.10 Å². The van der Waals surface area contributed by atoms with Crippen molar-refractivity contribution in [3.8, 4) is 0 Å². The average Bonchev–Trinajstić information content (AvgIpc) is 2.47. The summed E-state index contributed by atoms with van der Waals surface area (Å²) in [5.41, 5.74) is 0. The molecule has 0 aromatic carbocycles. The Kier molecular flexibility index (Phi) is 3.45. The molecule has 4 heteroatoms. The Bertz CT molecular complexity index is 294. The number of hydrogen-bond acceptors (Lipinski definition) is 3. The molecule has 1 rings (SSSR count). The third kappa shape index (κ3) is 3.16. The van der Waals surface area contributed by atoms with Crippen LogP contribution in [-0.4, -0.2) is 23.7 Å². The quantitative estimate of drug-likeness (QED) is 0.767. The predicted molar refractivity (Wildman–Crippen MR) is 53.1 cm³/mol. The number of hydrogen-bond donors (Lipinski definition) is 2. The zero-order valence-electron chi connectivity index (χ0n) is 7.70. The summed E-state index contributed by atoms with van der Waals surface area (Å²) >= 11 is 1.45. The van der Waals surface area contributed by atoms with Crippen molar-refractivity contribution < 1.29 is 9.90 Å². The minimum absolute atomic E-state index is 0.112. The topological polar surface area (TPSA) is 49.3 Å². The van der Waals surface area contributed by atoms with Gasteiger partial charge in [0.15, 0.2) is 0 Å². The van der Waals surface area contributed by atoms with Gasteiger partial charge >= 0.3 is 0 Å². The number of carbonyl (C=O) groups excluding carboxylic acids is 1. The van der Waals surface area contributed by atoms with Gasteiger partial charge < -0.3 is 10.4 Å². The molecule has 0 unspecified atom stereocenters. The summed E-state index contributed by atoms with van der Waals surface area (Å²) in [7, 11) is 0. The highest BCUT2D eigenvalue weighted by Gasteiger charge is 2.07. The summed E-state index contributed by atoms with van der Waals surface area (Å²) in [6.07, 6.45) is -0.495. The number of nitrogens with one attached hydrogen (secondary N) is 1. The van der Waals surface area contributed by atoms with E-state index in [2.05, 4.69) is 5.32 Å². The molecule has 0 spiro atoms. The maximum Gasteiger partial charge on any atom is 0.261 e. The van der Waals surface area contributed by atoms with E-state index in [9.17, 15) is 4.79 Å². The third-order valence-electron chi connectivity index (χ3n) is 1.52. The van der Waals surface area contributed by atoms with Gasteiger partial charge in [-0.05, 0) is 26.0 Å². The fourth-order valence-electron chi connectivity index (χ4n) is 0.884. The van der Waals surface area contributed by atoms with Crippen molar-refractivity contribution in [2.45, 2.75) is 20.0 Å². The van der Waals surface area contributed by atoms with E-state index in [0.29, 0.717) is 11.4 Å². The molecule has 13 heavy (non-hydrogen) atoms. The predicted octanol–water partition coefficient (Wildman–Crippen LogP) is 1.17. The van der Waals surface area contributed by atoms with Gasteiger partial charge in [0.05, 0.1) is 11.0 Å². The van der Waals surface area contributed by atoms with Gasteiger partial charge in [-0.1, -0.05) is 0 Å². The summed E-state index contributed by atoms with van der Waals surface area (Å²) in [4.78, 5) is 13.2. The molecule has 0 radical (unpaired) electrons. The summed E-state index contributed by atoms with van der Waals surface area (Å²) in [5.74, 6) is -0.112. The third-order valence-corrected chi connectivity index (χ3v) is 2.52. The van der Waals surface area contributed by atoms with E-state index in [1.54, 1.807) is 13.0 Å². The van der Waals surface area contributed by atoms with Crippen LogP contribution in [0.2, 0.25) is 0 Å². The van der Waals surface area contributed by atoms with Crippen molar-refractivity contribution in [1.29, 1.82) is 0 Å². The number of aliphatic hydroxyl groups excluding tert-OH is 1. The van der Waals surface area contributed by atoms with Crippen molar-refractivity contribution in [2.75, 3.05) is 6.54 Å². The number of carbonyl (C=O) groups is 1. The van der Waals surface area contributed by atoms with Crippen LogP contribution in [0.3, 0.4) is 0 Å². The summed E-state index contributed by atoms with van der Waals surface area (Å²) < 4.78 is 0. The molecule has 2 N–H and O–H groups in total. The van der Waals surface area contributed by atoms with Gasteiger partial charge in [-0.25, -0.2) is 0 Å². The first-order chi connectivity index (χ1) is 6.09. The summed E-state index contributed by atoms with van der Waals surface area (Å²) in [5, 5.41) is 11.6. The van der Waals surface area contributed by atoms with E-state index in [4.69, 9.17) is 5.11 Å². The number of aliphatic hydroxyl groups is 1. The number of amides is 1. The van der Waals surface area contributed by atoms with Crippen LogP contribution < -0.4 is 5.32 Å². The van der Waals surface area contributed by atoms with E-state index in [0.717, 1.165) is 4.88 Å². The molecule has 72 valence electrons. The molecule has 0 aliphatic rings. The van der Waals surface area contributed by atoms with Crippen molar-refractivity contribution in [3.63, 3.8) is 0 Å². The highest BCUT2D eigenvalue weighted by atomic mass is 32.1. The molecule has 1 aromatic heterocycles. The minimum atomic E-state index is -0.495. The molecule has 1 atom stereocenters. The Morgan fingerprint density at radius 1 is 1.69 bits per heavy atom. The second kappa shape index (κ2) is 4.39. The van der Waals surface area contributed by atoms with Crippen LogP contribution in [0.25, 0.3) is 0 Å². The van der Waals surface area contributed by atoms with Gasteiger partial charge in [-0.3, -0.25) is 4.79 Å². The van der Waals surface area contributed by atoms with Gasteiger partial charge in [0.25, 0.3) is 5.91 Å². The fraction of sp³-hybridized carbons (Fsp3) is 0.444. The first kappa shape index (κ1) is 10.2. The van der Waals surface area contributed by atoms with E-state index in [-0.39, 0.29) is 5.91 Å². The molecule has 0 saturated heterocycles. The van der Waals surface area contributed by atoms with Crippen molar-refractivity contribution >= 4 is 17.2 Å². The van der Waals surface area contributed by atoms with Gasteiger partial charge in [-0.2, -0.15) is 0 Å². The Hall–Kier alpha value is -0.870. The maximum atomic E-state index is 11.4. The average molecular weight is 199 g/mol. The number of rotatable bonds is 3. The highest BCUT2D eigenvalue weighted by Crippen LogP contribution is 2.14. The lowest BCUT2D eigenvalue weighted by molar-refractivity contribution is 0.0928. The maximum absolute atomic E-state index is 11.4. The molecular formula is C9H13NO2S. The first-order valence-corrected chi connectivity index (χ1v) is 4.94. The van der Waals surface area contributed by atoms with Crippen molar-refractivity contribution in [3.05, 3.63) is 21.9 Å². The molecule has 1 aromatic rings. The zero-order valence-corrected chi connectivity index (χ0v) is 8.52. The van der Waals surface area contributed by atoms with Crippen LogP contribution in [0, 0.1) is 6.92 Å². The van der Waals surface area contributed by atoms with Crippen LogP contribution in [0.5, 0.6) is 0 Å². The van der Waals surface area contributed by atoms with Crippen molar-refractivity contribution in [2.24, 2.45) is 0 Å². The molecule has 1 amide bonds. The Morgan fingerprint density at radius 3 is 2.85 bits per heavy atom. The normalized spacial score (nSPS) is 12.5. The zero-order chi connectivity index (χ0) is 9.84. The lowest BCUT2D eigenvalue weighted by atomic mass is 10.4. The van der Waals surface area contributed by atoms with Gasteiger partial charge in [-0.15, -0.1) is 11.3 Å². The lowest BCUT2D eigenvalue weighted by Gasteiger charge is -2.04. The molecule has 0 bridgehead atoms. The second-order valence-electron chi connectivity index (χ2n) is 2.97. The minimum Gasteiger partial charge on any atom is -0.392 e. The van der Waals surface area contributed by atoms with Crippen LogP contribution in [0.4, 0.5) is 0 Å². The number of thiophene rings is 1.